The van der Waals surface area contributed by atoms with Gasteiger partial charge in [0.15, 0.2) is 0 Å². The fourth-order valence-corrected chi connectivity index (χ4v) is 6.68. The van der Waals surface area contributed by atoms with Crippen LogP contribution in [0.4, 0.5) is 0 Å². The summed E-state index contributed by atoms with van der Waals surface area (Å²) >= 11 is 0. The molecule has 0 spiro atoms. The van der Waals surface area contributed by atoms with E-state index in [1.165, 1.54) is 42.7 Å². The van der Waals surface area contributed by atoms with E-state index >= 15 is 0 Å². The highest BCUT2D eigenvalue weighted by atomic mass is 32.2. The summed E-state index contributed by atoms with van der Waals surface area (Å²) in [6.45, 7) is 0.984. The summed E-state index contributed by atoms with van der Waals surface area (Å²) in [5.74, 6) is 0.587. The van der Waals surface area contributed by atoms with Crippen LogP contribution in [0.15, 0.2) is 34.1 Å². The normalized spacial score (nSPS) is 32.4. The van der Waals surface area contributed by atoms with Gasteiger partial charge in [-0.1, -0.05) is 0 Å². The lowest BCUT2D eigenvalue weighted by molar-refractivity contribution is 0.0779. The van der Waals surface area contributed by atoms with Crippen molar-refractivity contribution in [2.45, 2.75) is 34.8 Å². The first kappa shape index (κ1) is 17.4. The number of hydrogen-bond acceptors (Lipinski definition) is 5. The predicted octanol–water partition coefficient (Wildman–Crippen LogP) is 0.735. The summed E-state index contributed by atoms with van der Waals surface area (Å²) in [5, 5.41) is 0. The van der Waals surface area contributed by atoms with Gasteiger partial charge in [-0.15, -0.1) is 0 Å². The average Bonchev–Trinajstić information content (AvgIpc) is 3.27. The zero-order valence-electron chi connectivity index (χ0n) is 14.2. The number of sulfonamides is 2. The van der Waals surface area contributed by atoms with E-state index in [2.05, 4.69) is 0 Å². The standard InChI is InChI=1S/C16H22N2O5S2/c1-17(2)24(19,20)11-3-5-12(6-4-11)25(21,22)18-9-13-14(10-18)16-8-7-15(13)23-16/h3-6,13-16H,7-10H2,1-2H3. The maximum Gasteiger partial charge on any atom is 0.243 e. The molecule has 0 aliphatic carbocycles. The highest BCUT2D eigenvalue weighted by molar-refractivity contribution is 7.89. The zero-order valence-corrected chi connectivity index (χ0v) is 15.8. The van der Waals surface area contributed by atoms with Gasteiger partial charge in [0, 0.05) is 39.0 Å². The van der Waals surface area contributed by atoms with E-state index in [-0.39, 0.29) is 22.0 Å². The third kappa shape index (κ3) is 2.64. The van der Waals surface area contributed by atoms with Gasteiger partial charge in [0.25, 0.3) is 0 Å². The molecule has 1 aromatic rings. The Labute approximate surface area is 148 Å². The monoisotopic (exact) mass is 386 g/mol. The van der Waals surface area contributed by atoms with E-state index in [0.717, 1.165) is 17.1 Å². The molecule has 0 amide bonds. The largest absolute Gasteiger partial charge is 0.374 e. The van der Waals surface area contributed by atoms with E-state index in [1.54, 1.807) is 0 Å². The van der Waals surface area contributed by atoms with Crippen molar-refractivity contribution in [1.82, 2.24) is 8.61 Å². The topological polar surface area (TPSA) is 84.0 Å². The first-order valence-electron chi connectivity index (χ1n) is 8.39. The SMILES string of the molecule is CN(C)S(=O)(=O)c1ccc(S(=O)(=O)N2CC3C4CCC(O4)C3C2)cc1. The van der Waals surface area contributed by atoms with E-state index in [9.17, 15) is 16.8 Å². The molecule has 0 radical (unpaired) electrons. The van der Waals surface area contributed by atoms with Crippen molar-refractivity contribution in [2.75, 3.05) is 27.2 Å². The molecule has 3 fully saturated rings. The molecule has 4 rings (SSSR count). The number of hydrogen-bond donors (Lipinski definition) is 0. The molecule has 138 valence electrons. The Balaban J connectivity index is 1.57. The van der Waals surface area contributed by atoms with Crippen molar-refractivity contribution in [2.24, 2.45) is 11.8 Å². The van der Waals surface area contributed by atoms with E-state index < -0.39 is 20.0 Å². The lowest BCUT2D eigenvalue weighted by atomic mass is 9.82. The summed E-state index contributed by atoms with van der Waals surface area (Å²) in [6.07, 6.45) is 2.44. The minimum absolute atomic E-state index is 0.0844. The summed E-state index contributed by atoms with van der Waals surface area (Å²) in [7, 11) is -4.29. The molecular formula is C16H22N2O5S2. The van der Waals surface area contributed by atoms with Crippen molar-refractivity contribution in [3.8, 4) is 0 Å². The minimum atomic E-state index is -3.61. The highest BCUT2D eigenvalue weighted by Gasteiger charge is 2.55. The smallest absolute Gasteiger partial charge is 0.243 e. The Morgan fingerprint density at radius 1 is 0.920 bits per heavy atom. The van der Waals surface area contributed by atoms with Crippen LogP contribution in [-0.4, -0.2) is 64.8 Å². The van der Waals surface area contributed by atoms with Crippen molar-refractivity contribution in [3.05, 3.63) is 24.3 Å². The summed E-state index contributed by atoms with van der Waals surface area (Å²) in [4.78, 5) is 0.222. The Morgan fingerprint density at radius 2 is 1.40 bits per heavy atom. The number of nitrogens with zero attached hydrogens (tertiary/aromatic N) is 2. The first-order chi connectivity index (χ1) is 11.7. The van der Waals surface area contributed by atoms with Crippen molar-refractivity contribution < 1.29 is 21.6 Å². The maximum atomic E-state index is 12.9. The minimum Gasteiger partial charge on any atom is -0.374 e. The zero-order chi connectivity index (χ0) is 18.0. The molecule has 4 atom stereocenters. The molecule has 9 heteroatoms. The van der Waals surface area contributed by atoms with Gasteiger partial charge >= 0.3 is 0 Å². The highest BCUT2D eigenvalue weighted by Crippen LogP contribution is 2.48. The van der Waals surface area contributed by atoms with Crippen LogP contribution in [0.3, 0.4) is 0 Å². The van der Waals surface area contributed by atoms with Gasteiger partial charge in [0.2, 0.25) is 20.0 Å². The average molecular weight is 386 g/mol. The number of ether oxygens (including phenoxy) is 1. The van der Waals surface area contributed by atoms with Crippen LogP contribution in [0.5, 0.6) is 0 Å². The number of rotatable bonds is 4. The van der Waals surface area contributed by atoms with E-state index in [0.29, 0.717) is 24.9 Å². The predicted molar refractivity (Wildman–Crippen MR) is 90.9 cm³/mol. The molecule has 0 aromatic heterocycles. The second-order valence-electron chi connectivity index (χ2n) is 7.20. The van der Waals surface area contributed by atoms with Crippen LogP contribution >= 0.6 is 0 Å². The molecule has 0 saturated carbocycles. The van der Waals surface area contributed by atoms with Crippen LogP contribution in [0.1, 0.15) is 12.8 Å². The Hall–Kier alpha value is -1.00. The van der Waals surface area contributed by atoms with E-state index in [4.69, 9.17) is 4.74 Å². The molecule has 3 heterocycles. The Morgan fingerprint density at radius 3 is 1.88 bits per heavy atom. The summed E-state index contributed by atoms with van der Waals surface area (Å²) in [5.41, 5.74) is 0. The summed E-state index contributed by atoms with van der Waals surface area (Å²) < 4.78 is 58.6. The number of benzene rings is 1. The third-order valence-electron chi connectivity index (χ3n) is 5.66. The molecule has 3 aliphatic rings. The second-order valence-corrected chi connectivity index (χ2v) is 11.3. The van der Waals surface area contributed by atoms with Crippen molar-refractivity contribution in [1.29, 1.82) is 0 Å². The fraction of sp³-hybridized carbons (Fsp3) is 0.625. The lowest BCUT2D eigenvalue weighted by Crippen LogP contribution is -2.31. The first-order valence-corrected chi connectivity index (χ1v) is 11.3. The molecule has 0 N–H and O–H groups in total. The lowest BCUT2D eigenvalue weighted by Gasteiger charge is -2.19. The van der Waals surface area contributed by atoms with Gasteiger partial charge in [0.05, 0.1) is 22.0 Å². The molecule has 1 aromatic carbocycles. The number of fused-ring (bicyclic) bond motifs is 5. The second kappa shape index (κ2) is 5.75. The van der Waals surface area contributed by atoms with Gasteiger partial charge in [0.1, 0.15) is 0 Å². The quantitative estimate of drug-likeness (QED) is 0.762. The Bertz CT molecular complexity index is 862. The maximum absolute atomic E-state index is 12.9. The fourth-order valence-electron chi connectivity index (χ4n) is 4.26. The van der Waals surface area contributed by atoms with Crippen LogP contribution in [0, 0.1) is 11.8 Å². The van der Waals surface area contributed by atoms with Gasteiger partial charge in [-0.05, 0) is 37.1 Å². The Kier molecular flexibility index (Phi) is 4.01. The molecule has 4 unspecified atom stereocenters. The van der Waals surface area contributed by atoms with Crippen molar-refractivity contribution in [3.63, 3.8) is 0 Å². The molecule has 3 aliphatic heterocycles. The van der Waals surface area contributed by atoms with Gasteiger partial charge in [-0.2, -0.15) is 4.31 Å². The molecule has 7 nitrogen and oxygen atoms in total. The van der Waals surface area contributed by atoms with Gasteiger partial charge in [-0.3, -0.25) is 0 Å². The van der Waals surface area contributed by atoms with Gasteiger partial charge < -0.3 is 4.74 Å². The van der Waals surface area contributed by atoms with E-state index in [1.807, 2.05) is 0 Å². The molecular weight excluding hydrogens is 364 g/mol. The third-order valence-corrected chi connectivity index (χ3v) is 9.33. The van der Waals surface area contributed by atoms with Crippen LogP contribution < -0.4 is 0 Å². The van der Waals surface area contributed by atoms with Crippen molar-refractivity contribution >= 4 is 20.0 Å². The van der Waals surface area contributed by atoms with Crippen LogP contribution in [-0.2, 0) is 24.8 Å². The van der Waals surface area contributed by atoms with Gasteiger partial charge in [-0.25, -0.2) is 21.1 Å². The molecule has 3 saturated heterocycles. The molecule has 2 bridgehead atoms. The van der Waals surface area contributed by atoms with Crippen LogP contribution in [0.25, 0.3) is 0 Å². The van der Waals surface area contributed by atoms with Crippen LogP contribution in [0.2, 0.25) is 0 Å². The molecule has 25 heavy (non-hydrogen) atoms. The summed E-state index contributed by atoms with van der Waals surface area (Å²) in [6, 6.07) is 5.47.